The molecule has 0 unspecified atom stereocenters. The van der Waals surface area contributed by atoms with E-state index < -0.39 is 5.91 Å². The molecular formula is C17H16BrFN2O3. The van der Waals surface area contributed by atoms with E-state index in [0.29, 0.717) is 27.1 Å². The van der Waals surface area contributed by atoms with Gasteiger partial charge in [0.15, 0.2) is 11.5 Å². The molecule has 7 heteroatoms. The first-order chi connectivity index (χ1) is 11.5. The maximum Gasteiger partial charge on any atom is 0.257 e. The molecule has 24 heavy (non-hydrogen) atoms. The van der Waals surface area contributed by atoms with Gasteiger partial charge in [0.05, 0.1) is 11.6 Å². The van der Waals surface area contributed by atoms with Gasteiger partial charge in [0, 0.05) is 11.6 Å². The third-order valence-corrected chi connectivity index (χ3v) is 3.74. The fourth-order valence-electron chi connectivity index (χ4n) is 1.96. The van der Waals surface area contributed by atoms with Crippen molar-refractivity contribution in [2.45, 2.75) is 6.61 Å². The molecule has 0 saturated heterocycles. The first-order valence-corrected chi connectivity index (χ1v) is 7.77. The topological polar surface area (TPSA) is 73.6 Å². The molecule has 2 aromatic carbocycles. The average Bonchev–Trinajstić information content (AvgIpc) is 2.59. The van der Waals surface area contributed by atoms with Gasteiger partial charge in [-0.2, -0.15) is 0 Å². The van der Waals surface area contributed by atoms with Gasteiger partial charge in [0.25, 0.3) is 5.91 Å². The van der Waals surface area contributed by atoms with Crippen molar-refractivity contribution in [1.82, 2.24) is 5.43 Å². The van der Waals surface area contributed by atoms with E-state index in [9.17, 15) is 9.18 Å². The highest BCUT2D eigenvalue weighted by atomic mass is 79.9. The fraction of sp³-hybridized carbons (Fsp3) is 0.118. The summed E-state index contributed by atoms with van der Waals surface area (Å²) in [5.41, 5.74) is 3.15. The highest BCUT2D eigenvalue weighted by Crippen LogP contribution is 2.37. The van der Waals surface area contributed by atoms with Crippen LogP contribution >= 0.6 is 15.9 Å². The smallest absolute Gasteiger partial charge is 0.257 e. The molecule has 0 fully saturated rings. The van der Waals surface area contributed by atoms with Crippen molar-refractivity contribution in [3.05, 3.63) is 63.9 Å². The van der Waals surface area contributed by atoms with E-state index in [2.05, 4.69) is 15.9 Å². The van der Waals surface area contributed by atoms with Crippen LogP contribution in [-0.4, -0.2) is 13.0 Å². The molecule has 5 nitrogen and oxygen atoms in total. The summed E-state index contributed by atoms with van der Waals surface area (Å²) in [6.07, 6.45) is 2.87. The molecule has 0 atom stereocenters. The summed E-state index contributed by atoms with van der Waals surface area (Å²) >= 11 is 3.40. The summed E-state index contributed by atoms with van der Waals surface area (Å²) in [5, 5.41) is 0. The molecule has 0 spiro atoms. The van der Waals surface area contributed by atoms with Crippen LogP contribution in [0.5, 0.6) is 11.5 Å². The van der Waals surface area contributed by atoms with Crippen LogP contribution in [0.4, 0.5) is 4.39 Å². The zero-order valence-electron chi connectivity index (χ0n) is 12.9. The van der Waals surface area contributed by atoms with E-state index in [4.69, 9.17) is 15.3 Å². The lowest BCUT2D eigenvalue weighted by atomic mass is 10.2. The van der Waals surface area contributed by atoms with Crippen molar-refractivity contribution in [3.8, 4) is 11.5 Å². The van der Waals surface area contributed by atoms with Crippen LogP contribution in [0.2, 0.25) is 0 Å². The molecule has 0 saturated carbocycles. The van der Waals surface area contributed by atoms with Crippen LogP contribution in [0.3, 0.4) is 0 Å². The quantitative estimate of drug-likeness (QED) is 0.341. The van der Waals surface area contributed by atoms with Gasteiger partial charge < -0.3 is 9.47 Å². The van der Waals surface area contributed by atoms with Crippen LogP contribution in [0.15, 0.2) is 46.9 Å². The summed E-state index contributed by atoms with van der Waals surface area (Å²) in [6.45, 7) is 0.0619. The average molecular weight is 395 g/mol. The van der Waals surface area contributed by atoms with Gasteiger partial charge in [-0.25, -0.2) is 10.2 Å². The summed E-state index contributed by atoms with van der Waals surface area (Å²) in [5.74, 6) is 5.16. The Balaban J connectivity index is 2.22. The third kappa shape index (κ3) is 4.56. The van der Waals surface area contributed by atoms with Gasteiger partial charge in [-0.3, -0.25) is 10.2 Å². The predicted molar refractivity (Wildman–Crippen MR) is 92.8 cm³/mol. The van der Waals surface area contributed by atoms with E-state index in [1.54, 1.807) is 36.4 Å². The number of ether oxygens (including phenoxy) is 2. The number of hydrogen-bond donors (Lipinski definition) is 2. The molecule has 0 aliphatic rings. The molecule has 0 radical (unpaired) electrons. The van der Waals surface area contributed by atoms with Crippen molar-refractivity contribution in [2.24, 2.45) is 5.84 Å². The maximum atomic E-state index is 13.7. The van der Waals surface area contributed by atoms with Crippen LogP contribution in [0.1, 0.15) is 11.1 Å². The molecule has 2 aromatic rings. The number of nitrogens with two attached hydrogens (primary N) is 1. The normalized spacial score (nSPS) is 10.7. The standard InChI is InChI=1S/C17H16BrFN2O3/c1-23-15-9-11(6-7-16(22)21-20)8-13(18)17(15)24-10-12-4-2-3-5-14(12)19/h2-9H,10,20H2,1H3,(H,21,22)/b7-6+. The Morgan fingerprint density at radius 3 is 2.79 bits per heavy atom. The van der Waals surface area contributed by atoms with E-state index in [-0.39, 0.29) is 12.4 Å². The van der Waals surface area contributed by atoms with Gasteiger partial charge in [-0.05, 0) is 45.8 Å². The molecule has 0 aliphatic carbocycles. The van der Waals surface area contributed by atoms with Crippen molar-refractivity contribution < 1.29 is 18.7 Å². The Morgan fingerprint density at radius 2 is 2.12 bits per heavy atom. The molecular weight excluding hydrogens is 379 g/mol. The number of rotatable bonds is 6. The van der Waals surface area contributed by atoms with E-state index in [1.165, 1.54) is 19.3 Å². The monoisotopic (exact) mass is 394 g/mol. The first kappa shape index (κ1) is 18.0. The SMILES string of the molecule is COc1cc(/C=C/C(=O)NN)cc(Br)c1OCc1ccccc1F. The summed E-state index contributed by atoms with van der Waals surface area (Å²) in [4.78, 5) is 11.2. The van der Waals surface area contributed by atoms with Crippen LogP contribution in [0.25, 0.3) is 6.08 Å². The Kier molecular flexibility index (Phi) is 6.34. The largest absolute Gasteiger partial charge is 0.493 e. The number of hydrazine groups is 1. The number of hydrogen-bond acceptors (Lipinski definition) is 4. The molecule has 0 aliphatic heterocycles. The first-order valence-electron chi connectivity index (χ1n) is 6.97. The molecule has 126 valence electrons. The molecule has 0 heterocycles. The van der Waals surface area contributed by atoms with Gasteiger partial charge >= 0.3 is 0 Å². The van der Waals surface area contributed by atoms with Gasteiger partial charge in [0.1, 0.15) is 12.4 Å². The van der Waals surface area contributed by atoms with Crippen molar-refractivity contribution in [2.75, 3.05) is 7.11 Å². The van der Waals surface area contributed by atoms with Crippen molar-refractivity contribution in [1.29, 1.82) is 0 Å². The van der Waals surface area contributed by atoms with Crippen LogP contribution in [-0.2, 0) is 11.4 Å². The number of methoxy groups -OCH3 is 1. The summed E-state index contributed by atoms with van der Waals surface area (Å²) < 4.78 is 25.3. The van der Waals surface area contributed by atoms with Crippen molar-refractivity contribution in [3.63, 3.8) is 0 Å². The number of halogens is 2. The molecule has 0 bridgehead atoms. The molecule has 2 rings (SSSR count). The minimum Gasteiger partial charge on any atom is -0.493 e. The molecule has 1 amide bonds. The Labute approximate surface area is 147 Å². The minimum absolute atomic E-state index is 0.0619. The zero-order chi connectivity index (χ0) is 17.5. The second-order valence-electron chi connectivity index (χ2n) is 4.76. The predicted octanol–water partition coefficient (Wildman–Crippen LogP) is 3.18. The second kappa shape index (κ2) is 8.47. The van der Waals surface area contributed by atoms with E-state index >= 15 is 0 Å². The maximum absolute atomic E-state index is 13.7. The lowest BCUT2D eigenvalue weighted by molar-refractivity contribution is -0.116. The van der Waals surface area contributed by atoms with Gasteiger partial charge in [0.2, 0.25) is 0 Å². The Bertz CT molecular complexity index is 765. The fourth-order valence-corrected chi connectivity index (χ4v) is 2.54. The van der Waals surface area contributed by atoms with Crippen molar-refractivity contribution >= 4 is 27.9 Å². The number of carbonyl (C=O) groups is 1. The highest BCUT2D eigenvalue weighted by molar-refractivity contribution is 9.10. The number of nitrogens with one attached hydrogen (secondary N) is 1. The lowest BCUT2D eigenvalue weighted by Crippen LogP contribution is -2.27. The number of carbonyl (C=O) groups excluding carboxylic acids is 1. The summed E-state index contributed by atoms with van der Waals surface area (Å²) in [7, 11) is 1.50. The molecule has 0 aromatic heterocycles. The minimum atomic E-state index is -0.426. The zero-order valence-corrected chi connectivity index (χ0v) is 14.5. The lowest BCUT2D eigenvalue weighted by Gasteiger charge is -2.14. The second-order valence-corrected chi connectivity index (χ2v) is 5.61. The van der Waals surface area contributed by atoms with Gasteiger partial charge in [-0.1, -0.05) is 18.2 Å². The Morgan fingerprint density at radius 1 is 1.38 bits per heavy atom. The number of amides is 1. The summed E-state index contributed by atoms with van der Waals surface area (Å²) in [6, 6.07) is 9.83. The number of benzene rings is 2. The van der Waals surface area contributed by atoms with Crippen LogP contribution in [0, 0.1) is 5.82 Å². The molecule has 3 N–H and O–H groups in total. The Hall–Kier alpha value is -2.38. The highest BCUT2D eigenvalue weighted by Gasteiger charge is 2.12. The third-order valence-electron chi connectivity index (χ3n) is 3.15. The van der Waals surface area contributed by atoms with E-state index in [1.807, 2.05) is 5.43 Å². The van der Waals surface area contributed by atoms with Gasteiger partial charge in [-0.15, -0.1) is 0 Å². The van der Waals surface area contributed by atoms with Crippen LogP contribution < -0.4 is 20.7 Å². The van der Waals surface area contributed by atoms with E-state index in [0.717, 1.165) is 0 Å².